The summed E-state index contributed by atoms with van der Waals surface area (Å²) in [5.74, 6) is 1.65. The van der Waals surface area contributed by atoms with Crippen molar-refractivity contribution in [1.29, 1.82) is 0 Å². The number of nitrogens with zero attached hydrogens (tertiary/aromatic N) is 4. The van der Waals surface area contributed by atoms with E-state index in [0.29, 0.717) is 19.0 Å². The van der Waals surface area contributed by atoms with Crippen molar-refractivity contribution >= 4 is 35.6 Å². The zero-order valence-corrected chi connectivity index (χ0v) is 19.2. The van der Waals surface area contributed by atoms with Crippen LogP contribution in [0, 0.1) is 10.1 Å². The summed E-state index contributed by atoms with van der Waals surface area (Å²) in [4.78, 5) is 14.7. The van der Waals surface area contributed by atoms with Crippen LogP contribution in [0.15, 0.2) is 41.7 Å². The molecule has 1 spiro atoms. The van der Waals surface area contributed by atoms with Crippen LogP contribution in [0.1, 0.15) is 43.7 Å². The fraction of sp³-hybridized carbons (Fsp3) is 0.500. The highest BCUT2D eigenvalue weighted by Crippen LogP contribution is 2.46. The van der Waals surface area contributed by atoms with Gasteiger partial charge >= 0.3 is 5.69 Å². The van der Waals surface area contributed by atoms with Crippen LogP contribution in [0.5, 0.6) is 5.75 Å². The van der Waals surface area contributed by atoms with Crippen molar-refractivity contribution in [3.8, 4) is 5.75 Å². The molecule has 4 rings (SSSR count). The van der Waals surface area contributed by atoms with Crippen LogP contribution < -0.4 is 15.4 Å². The number of hydrogen-bond donors (Lipinski definition) is 2. The zero-order valence-electron chi connectivity index (χ0n) is 16.9. The summed E-state index contributed by atoms with van der Waals surface area (Å²) in [5.41, 5.74) is 1.06. The maximum Gasteiger partial charge on any atom is 0.306 e. The molecule has 1 aromatic carbocycles. The van der Waals surface area contributed by atoms with E-state index in [0.717, 1.165) is 30.6 Å². The summed E-state index contributed by atoms with van der Waals surface area (Å²) >= 11 is 0. The average molecular weight is 526 g/mol. The lowest BCUT2D eigenvalue weighted by Crippen LogP contribution is -2.47. The molecular formula is C20H27IN6O3. The van der Waals surface area contributed by atoms with Crippen molar-refractivity contribution in [2.24, 2.45) is 4.99 Å². The minimum absolute atomic E-state index is 0. The number of fused-ring (bicyclic) bond motifs is 1. The number of ether oxygens (including phenoxy) is 1. The first-order chi connectivity index (χ1) is 14.1. The largest absolute Gasteiger partial charge is 0.487 e. The second-order valence-electron chi connectivity index (χ2n) is 7.65. The standard InChI is InChI=1S/C20H26N6O3.HI/c1-21-19(22-10-11-25-14-15(13-23-25)26(27)28)24-17-12-20(8-4-5-9-20)29-18-7-3-2-6-16(17)18;/h2-3,6-7,13-14,17H,4-5,8-12H2,1H3,(H2,21,22,24);1H. The Morgan fingerprint density at radius 1 is 1.40 bits per heavy atom. The Balaban J connectivity index is 0.00000256. The van der Waals surface area contributed by atoms with Crippen molar-refractivity contribution in [3.63, 3.8) is 0 Å². The van der Waals surface area contributed by atoms with Gasteiger partial charge in [-0.1, -0.05) is 18.2 Å². The first kappa shape index (κ1) is 22.3. The first-order valence-corrected chi connectivity index (χ1v) is 10.0. The van der Waals surface area contributed by atoms with Gasteiger partial charge in [-0.15, -0.1) is 24.0 Å². The number of hydrogen-bond acceptors (Lipinski definition) is 5. The number of nitro groups is 1. The van der Waals surface area contributed by atoms with E-state index in [4.69, 9.17) is 4.74 Å². The molecule has 1 unspecified atom stereocenters. The molecule has 2 N–H and O–H groups in total. The van der Waals surface area contributed by atoms with Gasteiger partial charge in [-0.2, -0.15) is 5.10 Å². The number of halogens is 1. The van der Waals surface area contributed by atoms with Gasteiger partial charge in [-0.25, -0.2) is 0 Å². The summed E-state index contributed by atoms with van der Waals surface area (Å²) in [7, 11) is 1.74. The monoisotopic (exact) mass is 526 g/mol. The molecule has 1 saturated carbocycles. The first-order valence-electron chi connectivity index (χ1n) is 10.0. The quantitative estimate of drug-likeness (QED) is 0.203. The van der Waals surface area contributed by atoms with Gasteiger partial charge in [-0.05, 0) is 31.7 Å². The number of rotatable bonds is 5. The third kappa shape index (κ3) is 4.85. The molecule has 162 valence electrons. The summed E-state index contributed by atoms with van der Waals surface area (Å²) in [6.45, 7) is 1.05. The molecule has 30 heavy (non-hydrogen) atoms. The molecule has 0 radical (unpaired) electrons. The summed E-state index contributed by atoms with van der Waals surface area (Å²) in [6.07, 6.45) is 8.18. The molecule has 2 aromatic rings. The van der Waals surface area contributed by atoms with E-state index in [1.807, 2.05) is 18.2 Å². The smallest absolute Gasteiger partial charge is 0.306 e. The van der Waals surface area contributed by atoms with Gasteiger partial charge in [0.05, 0.1) is 17.5 Å². The Hall–Kier alpha value is -2.37. The Morgan fingerprint density at radius 3 is 2.87 bits per heavy atom. The van der Waals surface area contributed by atoms with E-state index < -0.39 is 4.92 Å². The highest BCUT2D eigenvalue weighted by Gasteiger charge is 2.43. The maximum absolute atomic E-state index is 10.8. The van der Waals surface area contributed by atoms with Crippen LogP contribution in [0.25, 0.3) is 0 Å². The molecule has 0 bridgehead atoms. The molecule has 1 fully saturated rings. The zero-order chi connectivity index (χ0) is 20.3. The number of guanidine groups is 1. The fourth-order valence-electron chi connectivity index (χ4n) is 4.29. The lowest BCUT2D eigenvalue weighted by Gasteiger charge is -2.40. The van der Waals surface area contributed by atoms with Crippen molar-refractivity contribution in [3.05, 3.63) is 52.3 Å². The molecule has 1 aromatic heterocycles. The highest BCUT2D eigenvalue weighted by molar-refractivity contribution is 14.0. The van der Waals surface area contributed by atoms with Crippen LogP contribution in [0.4, 0.5) is 5.69 Å². The normalized spacial score (nSPS) is 19.5. The lowest BCUT2D eigenvalue weighted by atomic mass is 9.86. The van der Waals surface area contributed by atoms with E-state index >= 15 is 0 Å². The number of nitrogens with one attached hydrogen (secondary N) is 2. The van der Waals surface area contributed by atoms with E-state index in [-0.39, 0.29) is 41.3 Å². The predicted octanol–water partition coefficient (Wildman–Crippen LogP) is 3.41. The Bertz CT molecular complexity index is 909. The molecule has 9 nitrogen and oxygen atoms in total. The van der Waals surface area contributed by atoms with Gasteiger partial charge < -0.3 is 15.4 Å². The van der Waals surface area contributed by atoms with Gasteiger partial charge in [0.2, 0.25) is 0 Å². The second kappa shape index (κ2) is 9.63. The second-order valence-corrected chi connectivity index (χ2v) is 7.65. The number of aromatic nitrogens is 2. The van der Waals surface area contributed by atoms with Crippen molar-refractivity contribution in [2.75, 3.05) is 13.6 Å². The molecular weight excluding hydrogens is 499 g/mol. The number of benzene rings is 1. The highest BCUT2D eigenvalue weighted by atomic mass is 127. The van der Waals surface area contributed by atoms with E-state index in [1.165, 1.54) is 25.2 Å². The van der Waals surface area contributed by atoms with Crippen LogP contribution in [-0.4, -0.2) is 39.9 Å². The number of para-hydroxylation sites is 1. The molecule has 0 saturated heterocycles. The van der Waals surface area contributed by atoms with E-state index in [2.05, 4.69) is 26.8 Å². The van der Waals surface area contributed by atoms with Gasteiger partial charge in [0.15, 0.2) is 5.96 Å². The van der Waals surface area contributed by atoms with Crippen LogP contribution >= 0.6 is 24.0 Å². The topological polar surface area (TPSA) is 107 Å². The van der Waals surface area contributed by atoms with Gasteiger partial charge in [0.1, 0.15) is 23.7 Å². The molecule has 1 aliphatic heterocycles. The summed E-state index contributed by atoms with van der Waals surface area (Å²) in [5, 5.41) is 21.6. The van der Waals surface area contributed by atoms with Crippen LogP contribution in [0.2, 0.25) is 0 Å². The van der Waals surface area contributed by atoms with Crippen LogP contribution in [0.3, 0.4) is 0 Å². The van der Waals surface area contributed by atoms with Gasteiger partial charge in [0.25, 0.3) is 0 Å². The lowest BCUT2D eigenvalue weighted by molar-refractivity contribution is -0.385. The predicted molar refractivity (Wildman–Crippen MR) is 124 cm³/mol. The van der Waals surface area contributed by atoms with Crippen molar-refractivity contribution in [1.82, 2.24) is 20.4 Å². The molecule has 1 aliphatic carbocycles. The molecule has 10 heteroatoms. The Kier molecular flexibility index (Phi) is 7.16. The summed E-state index contributed by atoms with van der Waals surface area (Å²) < 4.78 is 7.97. The molecule has 2 heterocycles. The third-order valence-electron chi connectivity index (χ3n) is 5.71. The Morgan fingerprint density at radius 2 is 2.17 bits per heavy atom. The Labute approximate surface area is 192 Å². The van der Waals surface area contributed by atoms with Crippen molar-refractivity contribution < 1.29 is 9.66 Å². The maximum atomic E-state index is 10.8. The van der Waals surface area contributed by atoms with Gasteiger partial charge in [-0.3, -0.25) is 19.8 Å². The third-order valence-corrected chi connectivity index (χ3v) is 5.71. The van der Waals surface area contributed by atoms with Gasteiger partial charge in [0, 0.05) is 25.6 Å². The van der Waals surface area contributed by atoms with Crippen LogP contribution in [-0.2, 0) is 6.54 Å². The molecule has 1 atom stereocenters. The fourth-order valence-corrected chi connectivity index (χ4v) is 4.29. The summed E-state index contributed by atoms with van der Waals surface area (Å²) in [6, 6.07) is 8.31. The minimum Gasteiger partial charge on any atom is -0.487 e. The average Bonchev–Trinajstić information content (AvgIpc) is 3.37. The SMILES string of the molecule is CN=C(NCCn1cc([N+](=O)[O-])cn1)NC1CC2(CCCC2)Oc2ccccc21.I. The minimum atomic E-state index is -0.446. The molecule has 2 aliphatic rings. The van der Waals surface area contributed by atoms with E-state index in [9.17, 15) is 10.1 Å². The van der Waals surface area contributed by atoms with Crippen molar-refractivity contribution in [2.45, 2.75) is 50.3 Å². The van der Waals surface area contributed by atoms with E-state index in [1.54, 1.807) is 11.7 Å². The molecule has 0 amide bonds. The number of aliphatic imine (C=N–C) groups is 1.